The lowest BCUT2D eigenvalue weighted by Gasteiger charge is -2.38. The monoisotopic (exact) mass is 400 g/mol. The standard InChI is InChI=1S/C23H36N4O2/c1-18-13-19(2)15-27(14-18)23(29)17-26-11-9-25(10-12-26)16-22(28)24-20(3)21-7-5-4-6-8-21/h4-8,18-20H,9-17H2,1-3H3,(H,24,28)/t18-,19+,20-/m1/s1. The Labute approximate surface area is 175 Å². The topological polar surface area (TPSA) is 55.9 Å². The number of nitrogens with zero attached hydrogens (tertiary/aromatic N) is 3. The van der Waals surface area contributed by atoms with E-state index in [-0.39, 0.29) is 17.9 Å². The molecule has 29 heavy (non-hydrogen) atoms. The van der Waals surface area contributed by atoms with Gasteiger partial charge in [-0.15, -0.1) is 0 Å². The molecule has 160 valence electrons. The van der Waals surface area contributed by atoms with Gasteiger partial charge in [0, 0.05) is 39.3 Å². The van der Waals surface area contributed by atoms with E-state index in [1.165, 1.54) is 6.42 Å². The molecule has 2 heterocycles. The van der Waals surface area contributed by atoms with Crippen LogP contribution in [0.5, 0.6) is 0 Å². The minimum absolute atomic E-state index is 0.0111. The van der Waals surface area contributed by atoms with Crippen LogP contribution in [0.4, 0.5) is 0 Å². The molecule has 2 fully saturated rings. The molecule has 0 bridgehead atoms. The Bertz CT molecular complexity index is 663. The molecule has 3 rings (SSSR count). The molecular weight excluding hydrogens is 364 g/mol. The van der Waals surface area contributed by atoms with Crippen molar-refractivity contribution < 1.29 is 9.59 Å². The summed E-state index contributed by atoms with van der Waals surface area (Å²) < 4.78 is 0. The van der Waals surface area contributed by atoms with Crippen LogP contribution >= 0.6 is 0 Å². The second kappa shape index (κ2) is 10.2. The van der Waals surface area contributed by atoms with Gasteiger partial charge in [0.05, 0.1) is 19.1 Å². The Balaban J connectivity index is 1.38. The first-order valence-electron chi connectivity index (χ1n) is 11.0. The van der Waals surface area contributed by atoms with Gasteiger partial charge in [-0.05, 0) is 30.7 Å². The molecule has 0 unspecified atom stereocenters. The van der Waals surface area contributed by atoms with E-state index in [1.807, 2.05) is 42.2 Å². The first kappa shape index (κ1) is 21.8. The maximum atomic E-state index is 12.7. The molecule has 0 saturated carbocycles. The molecule has 2 amide bonds. The van der Waals surface area contributed by atoms with Gasteiger partial charge in [-0.2, -0.15) is 0 Å². The summed E-state index contributed by atoms with van der Waals surface area (Å²) >= 11 is 0. The number of carbonyl (C=O) groups is 2. The number of piperidine rings is 1. The third-order valence-electron chi connectivity index (χ3n) is 6.09. The Kier molecular flexibility index (Phi) is 7.67. The minimum atomic E-state index is 0.0111. The molecule has 0 aromatic heterocycles. The van der Waals surface area contributed by atoms with Crippen molar-refractivity contribution in [2.24, 2.45) is 11.8 Å². The summed E-state index contributed by atoms with van der Waals surface area (Å²) in [6.45, 7) is 12.5. The highest BCUT2D eigenvalue weighted by Crippen LogP contribution is 2.21. The van der Waals surface area contributed by atoms with Gasteiger partial charge in [-0.3, -0.25) is 19.4 Å². The van der Waals surface area contributed by atoms with Crippen LogP contribution in [0, 0.1) is 11.8 Å². The zero-order valence-corrected chi connectivity index (χ0v) is 18.1. The zero-order valence-electron chi connectivity index (χ0n) is 18.1. The Morgan fingerprint density at radius 1 is 0.966 bits per heavy atom. The number of nitrogens with one attached hydrogen (secondary N) is 1. The van der Waals surface area contributed by atoms with E-state index in [9.17, 15) is 9.59 Å². The Morgan fingerprint density at radius 2 is 1.52 bits per heavy atom. The molecule has 2 aliphatic rings. The van der Waals surface area contributed by atoms with Gasteiger partial charge in [0.2, 0.25) is 11.8 Å². The molecule has 2 aliphatic heterocycles. The third kappa shape index (κ3) is 6.54. The van der Waals surface area contributed by atoms with Crippen molar-refractivity contribution in [3.63, 3.8) is 0 Å². The van der Waals surface area contributed by atoms with E-state index >= 15 is 0 Å². The summed E-state index contributed by atoms with van der Waals surface area (Å²) in [5.41, 5.74) is 1.12. The van der Waals surface area contributed by atoms with Gasteiger partial charge in [0.15, 0.2) is 0 Å². The summed E-state index contributed by atoms with van der Waals surface area (Å²) in [5.74, 6) is 1.50. The normalized spacial score (nSPS) is 24.9. The number of amides is 2. The minimum Gasteiger partial charge on any atom is -0.348 e. The van der Waals surface area contributed by atoms with Gasteiger partial charge >= 0.3 is 0 Å². The Hall–Kier alpha value is -1.92. The van der Waals surface area contributed by atoms with Crippen LogP contribution in [0.25, 0.3) is 0 Å². The fourth-order valence-corrected chi connectivity index (χ4v) is 4.58. The van der Waals surface area contributed by atoms with Crippen molar-refractivity contribution in [3.8, 4) is 0 Å². The van der Waals surface area contributed by atoms with Gasteiger partial charge in [-0.1, -0.05) is 44.2 Å². The van der Waals surface area contributed by atoms with Crippen molar-refractivity contribution in [3.05, 3.63) is 35.9 Å². The van der Waals surface area contributed by atoms with E-state index in [4.69, 9.17) is 0 Å². The summed E-state index contributed by atoms with van der Waals surface area (Å²) in [6, 6.07) is 10.0. The lowest BCUT2D eigenvalue weighted by molar-refractivity contribution is -0.135. The van der Waals surface area contributed by atoms with E-state index < -0.39 is 0 Å². The molecular formula is C23H36N4O2. The highest BCUT2D eigenvalue weighted by molar-refractivity contribution is 5.79. The first-order valence-corrected chi connectivity index (χ1v) is 11.0. The lowest BCUT2D eigenvalue weighted by Crippen LogP contribution is -2.53. The number of likely N-dealkylation sites (tertiary alicyclic amines) is 1. The average Bonchev–Trinajstić information content (AvgIpc) is 2.69. The number of hydrogen-bond acceptors (Lipinski definition) is 4. The van der Waals surface area contributed by atoms with Crippen LogP contribution in [0.15, 0.2) is 30.3 Å². The second-order valence-corrected chi connectivity index (χ2v) is 9.00. The molecule has 1 N–H and O–H groups in total. The van der Waals surface area contributed by atoms with Gasteiger partial charge in [-0.25, -0.2) is 0 Å². The molecule has 2 saturated heterocycles. The first-order chi connectivity index (χ1) is 13.9. The molecule has 1 aromatic rings. The molecule has 6 heteroatoms. The molecule has 6 nitrogen and oxygen atoms in total. The van der Waals surface area contributed by atoms with E-state index in [1.54, 1.807) is 0 Å². The highest BCUT2D eigenvalue weighted by atomic mass is 16.2. The Morgan fingerprint density at radius 3 is 2.10 bits per heavy atom. The van der Waals surface area contributed by atoms with Crippen LogP contribution in [-0.2, 0) is 9.59 Å². The third-order valence-corrected chi connectivity index (χ3v) is 6.09. The van der Waals surface area contributed by atoms with E-state index in [0.717, 1.165) is 44.8 Å². The number of rotatable bonds is 6. The fourth-order valence-electron chi connectivity index (χ4n) is 4.58. The van der Waals surface area contributed by atoms with Crippen LogP contribution in [0.3, 0.4) is 0 Å². The maximum Gasteiger partial charge on any atom is 0.236 e. The fraction of sp³-hybridized carbons (Fsp3) is 0.652. The number of benzene rings is 1. The van der Waals surface area contributed by atoms with Crippen LogP contribution in [0.1, 0.15) is 38.8 Å². The van der Waals surface area contributed by atoms with Crippen LogP contribution in [0.2, 0.25) is 0 Å². The van der Waals surface area contributed by atoms with Crippen molar-refractivity contribution in [1.82, 2.24) is 20.0 Å². The maximum absolute atomic E-state index is 12.7. The average molecular weight is 401 g/mol. The number of hydrogen-bond donors (Lipinski definition) is 1. The van der Waals surface area contributed by atoms with Crippen molar-refractivity contribution in [2.75, 3.05) is 52.4 Å². The molecule has 0 spiro atoms. The SMILES string of the molecule is C[C@@H]1C[C@H](C)CN(C(=O)CN2CCN(CC(=O)N[C@H](C)c3ccccc3)CC2)C1. The summed E-state index contributed by atoms with van der Waals surface area (Å²) in [4.78, 5) is 31.5. The predicted octanol–water partition coefficient (Wildman–Crippen LogP) is 1.99. The van der Waals surface area contributed by atoms with Gasteiger partial charge < -0.3 is 10.2 Å². The van der Waals surface area contributed by atoms with Crippen molar-refractivity contribution >= 4 is 11.8 Å². The summed E-state index contributed by atoms with van der Waals surface area (Å²) in [7, 11) is 0. The van der Waals surface area contributed by atoms with Crippen LogP contribution < -0.4 is 5.32 Å². The molecule has 0 aliphatic carbocycles. The van der Waals surface area contributed by atoms with E-state index in [2.05, 4.69) is 29.0 Å². The zero-order chi connectivity index (χ0) is 20.8. The van der Waals surface area contributed by atoms with Crippen LogP contribution in [-0.4, -0.2) is 78.9 Å². The quantitative estimate of drug-likeness (QED) is 0.793. The van der Waals surface area contributed by atoms with Gasteiger partial charge in [0.1, 0.15) is 0 Å². The molecule has 3 atom stereocenters. The smallest absolute Gasteiger partial charge is 0.236 e. The second-order valence-electron chi connectivity index (χ2n) is 9.00. The lowest BCUT2D eigenvalue weighted by atomic mass is 9.92. The highest BCUT2D eigenvalue weighted by Gasteiger charge is 2.27. The number of carbonyl (C=O) groups excluding carboxylic acids is 2. The summed E-state index contributed by atoms with van der Waals surface area (Å²) in [5, 5.41) is 3.08. The van der Waals surface area contributed by atoms with Gasteiger partial charge in [0.25, 0.3) is 0 Å². The largest absolute Gasteiger partial charge is 0.348 e. The molecule has 1 aromatic carbocycles. The van der Waals surface area contributed by atoms with E-state index in [0.29, 0.717) is 24.9 Å². The summed E-state index contributed by atoms with van der Waals surface area (Å²) in [6.07, 6.45) is 1.22. The van der Waals surface area contributed by atoms with Crippen molar-refractivity contribution in [1.29, 1.82) is 0 Å². The molecule has 0 radical (unpaired) electrons. The predicted molar refractivity (Wildman–Crippen MR) is 115 cm³/mol. The number of piperazine rings is 1. The van der Waals surface area contributed by atoms with Crippen molar-refractivity contribution in [2.45, 2.75) is 33.2 Å².